The third-order valence-corrected chi connectivity index (χ3v) is 5.04. The van der Waals surface area contributed by atoms with Gasteiger partial charge in [0.15, 0.2) is 0 Å². The molecule has 0 spiro atoms. The van der Waals surface area contributed by atoms with Gasteiger partial charge in [-0.1, -0.05) is 18.2 Å². The molecule has 0 aliphatic carbocycles. The Bertz CT molecular complexity index is 880. The highest BCUT2D eigenvalue weighted by atomic mass is 16.3. The van der Waals surface area contributed by atoms with Gasteiger partial charge in [0.25, 0.3) is 0 Å². The predicted molar refractivity (Wildman–Crippen MR) is 105 cm³/mol. The lowest BCUT2D eigenvalue weighted by molar-refractivity contribution is 0.0714. The van der Waals surface area contributed by atoms with Crippen molar-refractivity contribution >= 4 is 0 Å². The van der Waals surface area contributed by atoms with Gasteiger partial charge in [0.1, 0.15) is 0 Å². The van der Waals surface area contributed by atoms with Crippen molar-refractivity contribution in [3.8, 4) is 12.1 Å². The Morgan fingerprint density at radius 2 is 1.70 bits per heavy atom. The maximum absolute atomic E-state index is 9.92. The van der Waals surface area contributed by atoms with Crippen molar-refractivity contribution in [2.75, 3.05) is 6.54 Å². The summed E-state index contributed by atoms with van der Waals surface area (Å²) in [6.07, 6.45) is 2.64. The largest absolute Gasteiger partial charge is 0.390 e. The van der Waals surface area contributed by atoms with E-state index in [0.717, 1.165) is 44.5 Å². The van der Waals surface area contributed by atoms with Gasteiger partial charge in [-0.2, -0.15) is 10.5 Å². The van der Waals surface area contributed by atoms with Crippen molar-refractivity contribution in [1.82, 2.24) is 4.90 Å². The number of aliphatic hydroxyl groups is 1. The molecule has 2 aromatic carbocycles. The van der Waals surface area contributed by atoms with Crippen molar-refractivity contribution < 1.29 is 5.11 Å². The topological polar surface area (TPSA) is 71.0 Å². The molecule has 4 nitrogen and oxygen atoms in total. The Hall–Kier alpha value is -2.66. The number of nitriles is 2. The lowest BCUT2D eigenvalue weighted by Crippen LogP contribution is -2.30. The predicted octanol–water partition coefficient (Wildman–Crippen LogP) is 3.69. The number of benzene rings is 2. The fourth-order valence-corrected chi connectivity index (χ4v) is 3.58. The Kier molecular flexibility index (Phi) is 5.61. The van der Waals surface area contributed by atoms with Crippen molar-refractivity contribution in [2.45, 2.75) is 51.8 Å². The second kappa shape index (κ2) is 7.92. The molecule has 0 unspecified atom stereocenters. The molecule has 0 aromatic heterocycles. The molecular weight excluding hydrogens is 334 g/mol. The molecule has 1 heterocycles. The van der Waals surface area contributed by atoms with Gasteiger partial charge in [-0.25, -0.2) is 0 Å². The molecule has 0 fully saturated rings. The molecule has 1 aliphatic rings. The lowest BCUT2D eigenvalue weighted by Gasteiger charge is -2.29. The summed E-state index contributed by atoms with van der Waals surface area (Å²) in [7, 11) is 0. The maximum atomic E-state index is 9.92. The zero-order valence-electron chi connectivity index (χ0n) is 16.0. The Morgan fingerprint density at radius 1 is 1.00 bits per heavy atom. The smallest absolute Gasteiger partial charge is 0.0992 e. The van der Waals surface area contributed by atoms with Crippen LogP contribution in [0.15, 0.2) is 36.4 Å². The van der Waals surface area contributed by atoms with Crippen LogP contribution in [0.2, 0.25) is 0 Å². The summed E-state index contributed by atoms with van der Waals surface area (Å²) in [4.78, 5) is 2.36. The molecule has 0 amide bonds. The van der Waals surface area contributed by atoms with Gasteiger partial charge in [-0.3, -0.25) is 4.90 Å². The first-order chi connectivity index (χ1) is 12.9. The monoisotopic (exact) mass is 359 g/mol. The minimum atomic E-state index is -0.632. The molecule has 4 heteroatoms. The van der Waals surface area contributed by atoms with Gasteiger partial charge < -0.3 is 5.11 Å². The highest BCUT2D eigenvalue weighted by Gasteiger charge is 2.18. The summed E-state index contributed by atoms with van der Waals surface area (Å²) >= 11 is 0. The Morgan fingerprint density at radius 3 is 2.33 bits per heavy atom. The van der Waals surface area contributed by atoms with Crippen LogP contribution in [0.4, 0.5) is 0 Å². The van der Waals surface area contributed by atoms with Gasteiger partial charge in [-0.05, 0) is 73.6 Å². The third kappa shape index (κ3) is 5.17. The molecule has 138 valence electrons. The molecule has 1 N–H and O–H groups in total. The van der Waals surface area contributed by atoms with Crippen LogP contribution in [-0.2, 0) is 25.9 Å². The zero-order chi connectivity index (χ0) is 19.4. The second-order valence-electron chi connectivity index (χ2n) is 8.02. The van der Waals surface area contributed by atoms with E-state index < -0.39 is 5.60 Å². The number of fused-ring (bicyclic) bond motifs is 1. The van der Waals surface area contributed by atoms with Crippen molar-refractivity contribution in [3.05, 3.63) is 69.8 Å². The van der Waals surface area contributed by atoms with Crippen molar-refractivity contribution in [3.63, 3.8) is 0 Å². The summed E-state index contributed by atoms with van der Waals surface area (Å²) in [6, 6.07) is 16.3. The van der Waals surface area contributed by atoms with E-state index in [2.05, 4.69) is 35.2 Å². The van der Waals surface area contributed by atoms with Crippen molar-refractivity contribution in [1.29, 1.82) is 10.5 Å². The Balaban J connectivity index is 1.69. The van der Waals surface area contributed by atoms with E-state index in [1.165, 1.54) is 16.7 Å². The minimum absolute atomic E-state index is 0.540. The summed E-state index contributed by atoms with van der Waals surface area (Å²) in [5, 5.41) is 28.2. The quantitative estimate of drug-likeness (QED) is 0.884. The standard InChI is InChI=1S/C23H25N3O/c1-23(2,27)7-5-17-3-4-22-16-26(8-6-21(22)12-17)15-20-10-18(13-24)9-19(11-20)14-25/h3-4,9-12,27H,5-8,15-16H2,1-2H3. The molecule has 0 atom stereocenters. The van der Waals surface area contributed by atoms with Gasteiger partial charge in [-0.15, -0.1) is 0 Å². The highest BCUT2D eigenvalue weighted by Crippen LogP contribution is 2.24. The summed E-state index contributed by atoms with van der Waals surface area (Å²) in [5.74, 6) is 0. The molecule has 0 bridgehead atoms. The van der Waals surface area contributed by atoms with E-state index in [1.54, 1.807) is 6.07 Å². The maximum Gasteiger partial charge on any atom is 0.0992 e. The van der Waals surface area contributed by atoms with Gasteiger partial charge in [0.05, 0.1) is 28.9 Å². The first-order valence-corrected chi connectivity index (χ1v) is 9.36. The van der Waals surface area contributed by atoms with Crippen LogP contribution in [0.1, 0.15) is 53.6 Å². The fraction of sp³-hybridized carbons (Fsp3) is 0.391. The van der Waals surface area contributed by atoms with Crippen LogP contribution < -0.4 is 0 Å². The van der Waals surface area contributed by atoms with Crippen LogP contribution in [0.25, 0.3) is 0 Å². The van der Waals surface area contributed by atoms with Gasteiger partial charge >= 0.3 is 0 Å². The summed E-state index contributed by atoms with van der Waals surface area (Å²) < 4.78 is 0. The number of rotatable bonds is 5. The van der Waals surface area contributed by atoms with E-state index in [-0.39, 0.29) is 0 Å². The number of nitrogens with zero attached hydrogens (tertiary/aromatic N) is 3. The number of aryl methyl sites for hydroxylation is 1. The molecule has 1 aliphatic heterocycles. The van der Waals surface area contributed by atoms with Crippen LogP contribution in [0.5, 0.6) is 0 Å². The summed E-state index contributed by atoms with van der Waals surface area (Å²) in [6.45, 7) is 6.27. The van der Waals surface area contributed by atoms with E-state index >= 15 is 0 Å². The molecule has 2 aromatic rings. The van der Waals surface area contributed by atoms with E-state index in [0.29, 0.717) is 11.1 Å². The van der Waals surface area contributed by atoms with Crippen LogP contribution in [0.3, 0.4) is 0 Å². The molecule has 3 rings (SSSR count). The van der Waals surface area contributed by atoms with Crippen molar-refractivity contribution in [2.24, 2.45) is 0 Å². The first-order valence-electron chi connectivity index (χ1n) is 9.36. The average Bonchev–Trinajstić information content (AvgIpc) is 2.65. The first kappa shape index (κ1) is 19.1. The zero-order valence-corrected chi connectivity index (χ0v) is 16.0. The molecule has 0 radical (unpaired) electrons. The molecular formula is C23H25N3O. The lowest BCUT2D eigenvalue weighted by atomic mass is 9.93. The number of hydrogen-bond acceptors (Lipinski definition) is 4. The Labute approximate surface area is 161 Å². The van der Waals surface area contributed by atoms with Crippen LogP contribution in [-0.4, -0.2) is 22.2 Å². The fourth-order valence-electron chi connectivity index (χ4n) is 3.58. The molecule has 0 saturated carbocycles. The SMILES string of the molecule is CC(C)(O)CCc1ccc2c(c1)CCN(Cc1cc(C#N)cc(C#N)c1)C2. The number of hydrogen-bond donors (Lipinski definition) is 1. The molecule has 27 heavy (non-hydrogen) atoms. The van der Waals surface area contributed by atoms with Gasteiger partial charge in [0.2, 0.25) is 0 Å². The normalized spacial score (nSPS) is 14.3. The second-order valence-corrected chi connectivity index (χ2v) is 8.02. The molecule has 0 saturated heterocycles. The summed E-state index contributed by atoms with van der Waals surface area (Å²) in [5.41, 5.74) is 5.47. The van der Waals surface area contributed by atoms with E-state index in [1.807, 2.05) is 26.0 Å². The van der Waals surface area contributed by atoms with Gasteiger partial charge in [0, 0.05) is 19.6 Å². The highest BCUT2D eigenvalue weighted by molar-refractivity contribution is 5.42. The van der Waals surface area contributed by atoms with Crippen LogP contribution >= 0.6 is 0 Å². The third-order valence-electron chi connectivity index (χ3n) is 5.04. The van der Waals surface area contributed by atoms with Crippen LogP contribution in [0, 0.1) is 22.7 Å². The minimum Gasteiger partial charge on any atom is -0.390 e. The van der Waals surface area contributed by atoms with E-state index in [4.69, 9.17) is 10.5 Å². The average molecular weight is 359 g/mol. The van der Waals surface area contributed by atoms with E-state index in [9.17, 15) is 5.11 Å².